The Hall–Kier alpha value is -3.32. The highest BCUT2D eigenvalue weighted by atomic mass is 35.5. The van der Waals surface area contributed by atoms with Gasteiger partial charge in [0.1, 0.15) is 5.75 Å². The van der Waals surface area contributed by atoms with Crippen molar-refractivity contribution in [2.75, 3.05) is 19.7 Å². The van der Waals surface area contributed by atoms with Crippen molar-refractivity contribution in [3.8, 4) is 5.75 Å². The van der Waals surface area contributed by atoms with Crippen molar-refractivity contribution in [2.45, 2.75) is 71.1 Å². The zero-order valence-corrected chi connectivity index (χ0v) is 27.0. The molecule has 2 atom stereocenters. The molecule has 1 aliphatic carbocycles. The van der Waals surface area contributed by atoms with E-state index in [1.54, 1.807) is 6.92 Å². The molecule has 44 heavy (non-hydrogen) atoms. The van der Waals surface area contributed by atoms with E-state index in [2.05, 4.69) is 36.5 Å². The summed E-state index contributed by atoms with van der Waals surface area (Å²) in [5.74, 6) is 0.782. The van der Waals surface area contributed by atoms with Crippen LogP contribution in [0.4, 0.5) is 0 Å². The molecule has 3 aromatic carbocycles. The van der Waals surface area contributed by atoms with Gasteiger partial charge in [-0.05, 0) is 84.7 Å². The minimum Gasteiger partial charge on any atom is -0.492 e. The second-order valence-corrected chi connectivity index (χ2v) is 13.2. The van der Waals surface area contributed by atoms with E-state index in [1.807, 2.05) is 53.1 Å². The van der Waals surface area contributed by atoms with E-state index in [4.69, 9.17) is 27.9 Å². The molecule has 0 spiro atoms. The van der Waals surface area contributed by atoms with Gasteiger partial charge < -0.3 is 19.9 Å². The van der Waals surface area contributed by atoms with Gasteiger partial charge in [-0.15, -0.1) is 0 Å². The molecule has 3 aliphatic rings. The third-order valence-electron chi connectivity index (χ3n) is 9.13. The molecule has 0 aromatic heterocycles. The number of aryl methyl sites for hydroxylation is 2. The number of ether oxygens (including phenoxy) is 1. The summed E-state index contributed by atoms with van der Waals surface area (Å²) >= 11 is 12.9. The van der Waals surface area contributed by atoms with Crippen molar-refractivity contribution in [2.24, 2.45) is 0 Å². The monoisotopic (exact) mass is 631 g/mol. The quantitative estimate of drug-likeness (QED) is 0.283. The predicted octanol–water partition coefficient (Wildman–Crippen LogP) is 6.77. The van der Waals surface area contributed by atoms with Crippen LogP contribution < -0.4 is 10.1 Å². The molecule has 1 N–H and O–H groups in total. The largest absolute Gasteiger partial charge is 0.492 e. The van der Waals surface area contributed by atoms with Gasteiger partial charge in [0.25, 0.3) is 5.91 Å². The van der Waals surface area contributed by atoms with E-state index in [0.29, 0.717) is 48.5 Å². The van der Waals surface area contributed by atoms with Gasteiger partial charge in [-0.3, -0.25) is 9.59 Å². The maximum atomic E-state index is 14.5. The van der Waals surface area contributed by atoms with Gasteiger partial charge in [0, 0.05) is 55.7 Å². The predicted molar refractivity (Wildman–Crippen MR) is 176 cm³/mol. The number of halogens is 2. The molecule has 6 nitrogen and oxygen atoms in total. The molecular formula is C36H39Cl2N3O3. The summed E-state index contributed by atoms with van der Waals surface area (Å²) in [6.07, 6.45) is 3.40. The fourth-order valence-corrected chi connectivity index (χ4v) is 6.83. The maximum absolute atomic E-state index is 14.5. The van der Waals surface area contributed by atoms with Crippen LogP contribution in [0.25, 0.3) is 5.57 Å². The second-order valence-electron chi connectivity index (χ2n) is 12.4. The number of carbonyl (C=O) groups excluding carboxylic acids is 2. The van der Waals surface area contributed by atoms with E-state index < -0.39 is 0 Å². The normalized spacial score (nSPS) is 19.6. The Morgan fingerprint density at radius 2 is 1.70 bits per heavy atom. The fourth-order valence-electron chi connectivity index (χ4n) is 6.36. The third kappa shape index (κ3) is 6.68. The molecule has 6 rings (SSSR count). The molecule has 8 heteroatoms. The van der Waals surface area contributed by atoms with Crippen molar-refractivity contribution >= 4 is 40.6 Å². The van der Waals surface area contributed by atoms with Crippen LogP contribution >= 0.6 is 23.2 Å². The Morgan fingerprint density at radius 1 is 0.977 bits per heavy atom. The molecule has 3 aromatic rings. The topological polar surface area (TPSA) is 61.9 Å². The Balaban J connectivity index is 1.26. The molecule has 2 aliphatic heterocycles. The second kappa shape index (κ2) is 13.0. The summed E-state index contributed by atoms with van der Waals surface area (Å²) < 4.78 is 6.02. The van der Waals surface area contributed by atoms with Crippen molar-refractivity contribution in [3.63, 3.8) is 0 Å². The van der Waals surface area contributed by atoms with Crippen molar-refractivity contribution in [3.05, 3.63) is 104 Å². The van der Waals surface area contributed by atoms with Crippen molar-refractivity contribution < 1.29 is 14.3 Å². The lowest BCUT2D eigenvalue weighted by atomic mass is 9.82. The Morgan fingerprint density at radius 3 is 2.41 bits per heavy atom. The van der Waals surface area contributed by atoms with Gasteiger partial charge in [0.2, 0.25) is 5.91 Å². The number of nitrogens with one attached hydrogen (secondary N) is 1. The van der Waals surface area contributed by atoms with Crippen LogP contribution in [0, 0.1) is 13.8 Å². The molecular weight excluding hydrogens is 593 g/mol. The van der Waals surface area contributed by atoms with Crippen molar-refractivity contribution in [1.29, 1.82) is 0 Å². The standard InChI is InChI=1S/C36H39Cl2N3O3/c1-22-16-32(38)34(17-23(22)2)44-15-14-25-8-10-26(11-9-25)30-18-28-20-40(24(3)42)21-33(39-28)35(30)36(43)41(29-12-13-29)19-27-6-4-5-7-31(27)37/h4-11,16-17,28-29,33,39H,12-15,18-21H2,1-3H3/t28-,33-/m1/s1. The minimum absolute atomic E-state index is 0.0338. The smallest absolute Gasteiger partial charge is 0.252 e. The summed E-state index contributed by atoms with van der Waals surface area (Å²) in [4.78, 5) is 30.8. The number of rotatable bonds is 9. The highest BCUT2D eigenvalue weighted by Crippen LogP contribution is 2.38. The van der Waals surface area contributed by atoms with Crippen LogP contribution in [0.5, 0.6) is 5.75 Å². The molecule has 1 saturated carbocycles. The zero-order chi connectivity index (χ0) is 31.0. The summed E-state index contributed by atoms with van der Waals surface area (Å²) in [7, 11) is 0. The summed E-state index contributed by atoms with van der Waals surface area (Å²) in [6, 6.07) is 20.2. The van der Waals surface area contributed by atoms with Crippen LogP contribution in [-0.2, 0) is 22.6 Å². The SMILES string of the molecule is CC(=O)N1C[C@H]2CC(c3ccc(CCOc4cc(C)c(C)cc4Cl)cc3)=C(C(=O)N(Cc3ccccc3Cl)C3CC3)[C@@H](C1)N2. The van der Waals surface area contributed by atoms with Gasteiger partial charge in [-0.25, -0.2) is 0 Å². The van der Waals surface area contributed by atoms with E-state index in [-0.39, 0.29) is 29.9 Å². The number of benzene rings is 3. The molecule has 2 amide bonds. The number of fused-ring (bicyclic) bond motifs is 2. The lowest BCUT2D eigenvalue weighted by Crippen LogP contribution is -2.61. The van der Waals surface area contributed by atoms with E-state index >= 15 is 0 Å². The summed E-state index contributed by atoms with van der Waals surface area (Å²) in [6.45, 7) is 7.81. The Bertz CT molecular complexity index is 1600. The highest BCUT2D eigenvalue weighted by molar-refractivity contribution is 6.32. The molecule has 1 saturated heterocycles. The van der Waals surface area contributed by atoms with Gasteiger partial charge >= 0.3 is 0 Å². The number of hydrogen-bond donors (Lipinski definition) is 1. The number of hydrogen-bond acceptors (Lipinski definition) is 4. The minimum atomic E-state index is -0.225. The van der Waals surface area contributed by atoms with Crippen LogP contribution in [0.2, 0.25) is 10.0 Å². The Kier molecular flexibility index (Phi) is 9.04. The molecule has 2 bridgehead atoms. The first-order chi connectivity index (χ1) is 21.2. The summed E-state index contributed by atoms with van der Waals surface area (Å²) in [5.41, 5.74) is 7.28. The van der Waals surface area contributed by atoms with Gasteiger partial charge in [0.15, 0.2) is 0 Å². The maximum Gasteiger partial charge on any atom is 0.252 e. The van der Waals surface area contributed by atoms with E-state index in [1.165, 1.54) is 0 Å². The lowest BCUT2D eigenvalue weighted by molar-refractivity contribution is -0.132. The Labute approximate surface area is 270 Å². The molecule has 2 heterocycles. The molecule has 2 fully saturated rings. The number of amides is 2. The first-order valence-corrected chi connectivity index (χ1v) is 16.2. The van der Waals surface area contributed by atoms with Crippen LogP contribution in [0.3, 0.4) is 0 Å². The van der Waals surface area contributed by atoms with Crippen molar-refractivity contribution in [1.82, 2.24) is 15.1 Å². The lowest BCUT2D eigenvalue weighted by Gasteiger charge is -2.44. The highest BCUT2D eigenvalue weighted by Gasteiger charge is 2.43. The number of nitrogens with zero attached hydrogens (tertiary/aromatic N) is 2. The average Bonchev–Trinajstić information content (AvgIpc) is 3.84. The fraction of sp³-hybridized carbons (Fsp3) is 0.389. The number of carbonyl (C=O) groups is 2. The molecule has 0 radical (unpaired) electrons. The van der Waals surface area contributed by atoms with E-state index in [9.17, 15) is 9.59 Å². The van der Waals surface area contributed by atoms with Gasteiger partial charge in [-0.2, -0.15) is 0 Å². The third-order valence-corrected chi connectivity index (χ3v) is 9.79. The van der Waals surface area contributed by atoms with Crippen LogP contribution in [0.15, 0.2) is 66.2 Å². The van der Waals surface area contributed by atoms with Gasteiger partial charge in [0.05, 0.1) is 17.7 Å². The van der Waals surface area contributed by atoms with Crippen LogP contribution in [-0.4, -0.2) is 59.4 Å². The average molecular weight is 633 g/mol. The first kappa shape index (κ1) is 30.7. The van der Waals surface area contributed by atoms with Crippen LogP contribution in [0.1, 0.15) is 54.0 Å². The first-order valence-electron chi connectivity index (χ1n) is 15.5. The summed E-state index contributed by atoms with van der Waals surface area (Å²) in [5, 5.41) is 4.97. The van der Waals surface area contributed by atoms with E-state index in [0.717, 1.165) is 58.2 Å². The van der Waals surface area contributed by atoms with Gasteiger partial charge in [-0.1, -0.05) is 65.7 Å². The molecule has 0 unspecified atom stereocenters. The zero-order valence-electron chi connectivity index (χ0n) is 25.5. The molecule has 230 valence electrons. The number of piperazine rings is 1.